The van der Waals surface area contributed by atoms with E-state index in [4.69, 9.17) is 0 Å². The minimum Gasteiger partial charge on any atom is -0.311 e. The fourth-order valence-corrected chi connectivity index (χ4v) is 3.88. The molecule has 0 aromatic heterocycles. The van der Waals surface area contributed by atoms with Crippen molar-refractivity contribution in [1.82, 2.24) is 0 Å². The third-order valence-corrected chi connectivity index (χ3v) is 5.25. The highest BCUT2D eigenvalue weighted by Gasteiger charge is 2.27. The minimum absolute atomic E-state index is 0.0321. The first-order chi connectivity index (χ1) is 12.9. The van der Waals surface area contributed by atoms with Crippen molar-refractivity contribution in [2.75, 3.05) is 22.9 Å². The predicted molar refractivity (Wildman–Crippen MR) is 110 cm³/mol. The summed E-state index contributed by atoms with van der Waals surface area (Å²) < 4.78 is 0. The zero-order chi connectivity index (χ0) is 19.6. The van der Waals surface area contributed by atoms with Gasteiger partial charge in [0.25, 0.3) is 0 Å². The number of hydrogen-bond acceptors (Lipinski definition) is 2. The molecule has 0 radical (unpaired) electrons. The van der Waals surface area contributed by atoms with Crippen LogP contribution < -0.4 is 9.80 Å². The standard InChI is InChI=1S/C23H28N2O2/c1-16(2)20-12-7-9-17(3)23(20)25(18(4)26)15-22(27)24-14-8-11-19-10-5-6-13-21(19)24/h5-7,9-10,12-13,16H,8,11,14-15H2,1-4H3. The van der Waals surface area contributed by atoms with Gasteiger partial charge >= 0.3 is 0 Å². The lowest BCUT2D eigenvalue weighted by Gasteiger charge is -2.33. The average Bonchev–Trinajstić information content (AvgIpc) is 2.65. The molecular weight excluding hydrogens is 336 g/mol. The lowest BCUT2D eigenvalue weighted by Crippen LogP contribution is -2.44. The van der Waals surface area contributed by atoms with Crippen molar-refractivity contribution < 1.29 is 9.59 Å². The molecular formula is C23H28N2O2. The molecule has 0 atom stereocenters. The summed E-state index contributed by atoms with van der Waals surface area (Å²) in [4.78, 5) is 29.1. The molecule has 0 saturated carbocycles. The van der Waals surface area contributed by atoms with Crippen LogP contribution in [0.2, 0.25) is 0 Å². The van der Waals surface area contributed by atoms with Crippen LogP contribution in [0.25, 0.3) is 0 Å². The zero-order valence-corrected chi connectivity index (χ0v) is 16.7. The molecule has 0 N–H and O–H groups in total. The van der Waals surface area contributed by atoms with Gasteiger partial charge in [-0.25, -0.2) is 0 Å². The van der Waals surface area contributed by atoms with Gasteiger partial charge in [-0.1, -0.05) is 50.2 Å². The molecule has 2 amide bonds. The van der Waals surface area contributed by atoms with Gasteiger partial charge in [0.15, 0.2) is 0 Å². The monoisotopic (exact) mass is 364 g/mol. The number of carbonyl (C=O) groups is 2. The molecule has 1 aliphatic heterocycles. The molecule has 1 heterocycles. The molecule has 3 rings (SSSR count). The van der Waals surface area contributed by atoms with Crippen molar-refractivity contribution in [2.45, 2.75) is 46.5 Å². The molecule has 0 unspecified atom stereocenters. The molecule has 4 nitrogen and oxygen atoms in total. The second-order valence-corrected chi connectivity index (χ2v) is 7.55. The van der Waals surface area contributed by atoms with Gasteiger partial charge in [-0.15, -0.1) is 0 Å². The van der Waals surface area contributed by atoms with E-state index >= 15 is 0 Å². The molecule has 0 aliphatic carbocycles. The highest BCUT2D eigenvalue weighted by atomic mass is 16.2. The van der Waals surface area contributed by atoms with Crippen LogP contribution in [0, 0.1) is 6.92 Å². The minimum atomic E-state index is -0.107. The van der Waals surface area contributed by atoms with Crippen LogP contribution in [-0.2, 0) is 16.0 Å². The summed E-state index contributed by atoms with van der Waals surface area (Å²) >= 11 is 0. The van der Waals surface area contributed by atoms with Gasteiger partial charge in [-0.2, -0.15) is 0 Å². The maximum Gasteiger partial charge on any atom is 0.247 e. The maximum absolute atomic E-state index is 13.2. The summed E-state index contributed by atoms with van der Waals surface area (Å²) in [5.74, 6) is 0.132. The van der Waals surface area contributed by atoms with Crippen molar-refractivity contribution >= 4 is 23.2 Å². The number of carbonyl (C=O) groups excluding carboxylic acids is 2. The van der Waals surface area contributed by atoms with Gasteiger partial charge < -0.3 is 9.80 Å². The van der Waals surface area contributed by atoms with Crippen LogP contribution in [0.5, 0.6) is 0 Å². The number of benzene rings is 2. The van der Waals surface area contributed by atoms with Crippen LogP contribution in [0.15, 0.2) is 42.5 Å². The molecule has 0 saturated heterocycles. The fourth-order valence-electron chi connectivity index (χ4n) is 3.88. The highest BCUT2D eigenvalue weighted by Crippen LogP contribution is 2.32. The van der Waals surface area contributed by atoms with Gasteiger partial charge in [0.1, 0.15) is 6.54 Å². The number of fused-ring (bicyclic) bond motifs is 1. The van der Waals surface area contributed by atoms with Crippen molar-refractivity contribution in [3.05, 3.63) is 59.2 Å². The summed E-state index contributed by atoms with van der Waals surface area (Å²) in [5.41, 5.74) is 5.16. The molecule has 2 aromatic carbocycles. The largest absolute Gasteiger partial charge is 0.311 e. The summed E-state index contributed by atoms with van der Waals surface area (Å²) in [6.45, 7) is 8.52. The smallest absolute Gasteiger partial charge is 0.247 e. The summed E-state index contributed by atoms with van der Waals surface area (Å²) in [6.07, 6.45) is 1.94. The Kier molecular flexibility index (Phi) is 5.64. The number of aryl methyl sites for hydroxylation is 2. The predicted octanol–water partition coefficient (Wildman–Crippen LogP) is 4.45. The van der Waals surface area contributed by atoms with E-state index < -0.39 is 0 Å². The van der Waals surface area contributed by atoms with E-state index in [0.717, 1.165) is 35.3 Å². The van der Waals surface area contributed by atoms with E-state index in [1.165, 1.54) is 12.5 Å². The van der Waals surface area contributed by atoms with E-state index in [0.29, 0.717) is 6.54 Å². The lowest BCUT2D eigenvalue weighted by molar-refractivity contribution is -0.121. The molecule has 0 bridgehead atoms. The molecule has 4 heteroatoms. The van der Waals surface area contributed by atoms with Gasteiger partial charge in [0, 0.05) is 19.2 Å². The molecule has 1 aliphatic rings. The zero-order valence-electron chi connectivity index (χ0n) is 16.7. The van der Waals surface area contributed by atoms with Crippen LogP contribution in [0.4, 0.5) is 11.4 Å². The Morgan fingerprint density at radius 2 is 1.85 bits per heavy atom. The number of hydrogen-bond donors (Lipinski definition) is 0. The van der Waals surface area contributed by atoms with Crippen molar-refractivity contribution in [2.24, 2.45) is 0 Å². The first-order valence-corrected chi connectivity index (χ1v) is 9.66. The highest BCUT2D eigenvalue weighted by molar-refractivity contribution is 6.04. The topological polar surface area (TPSA) is 40.6 Å². The Balaban J connectivity index is 1.93. The maximum atomic E-state index is 13.2. The SMILES string of the molecule is CC(=O)N(CC(=O)N1CCCc2ccccc21)c1c(C)cccc1C(C)C. The fraction of sp³-hybridized carbons (Fsp3) is 0.391. The third-order valence-electron chi connectivity index (χ3n) is 5.25. The second kappa shape index (κ2) is 7.95. The number of para-hydroxylation sites is 2. The quantitative estimate of drug-likeness (QED) is 0.804. The van der Waals surface area contributed by atoms with Gasteiger partial charge in [-0.3, -0.25) is 9.59 Å². The van der Waals surface area contributed by atoms with Gasteiger partial charge in [-0.05, 0) is 48.4 Å². The van der Waals surface area contributed by atoms with E-state index in [-0.39, 0.29) is 24.3 Å². The normalized spacial score (nSPS) is 13.4. The van der Waals surface area contributed by atoms with Crippen molar-refractivity contribution in [3.63, 3.8) is 0 Å². The first kappa shape index (κ1) is 19.2. The summed E-state index contributed by atoms with van der Waals surface area (Å²) in [7, 11) is 0. The van der Waals surface area contributed by atoms with E-state index in [1.807, 2.05) is 48.2 Å². The van der Waals surface area contributed by atoms with E-state index in [2.05, 4.69) is 19.9 Å². The lowest BCUT2D eigenvalue weighted by atomic mass is 9.97. The Hall–Kier alpha value is -2.62. The van der Waals surface area contributed by atoms with Crippen LogP contribution in [0.3, 0.4) is 0 Å². The van der Waals surface area contributed by atoms with Crippen molar-refractivity contribution in [1.29, 1.82) is 0 Å². The summed E-state index contributed by atoms with van der Waals surface area (Å²) in [6, 6.07) is 14.1. The second-order valence-electron chi connectivity index (χ2n) is 7.55. The number of amides is 2. The van der Waals surface area contributed by atoms with E-state index in [1.54, 1.807) is 4.90 Å². The number of nitrogens with zero attached hydrogens (tertiary/aromatic N) is 2. The van der Waals surface area contributed by atoms with Crippen molar-refractivity contribution in [3.8, 4) is 0 Å². The summed E-state index contributed by atoms with van der Waals surface area (Å²) in [5, 5.41) is 0. The molecule has 0 spiro atoms. The molecule has 0 fully saturated rings. The third kappa shape index (κ3) is 3.90. The molecule has 27 heavy (non-hydrogen) atoms. The Bertz CT molecular complexity index is 857. The van der Waals surface area contributed by atoms with Crippen LogP contribution >= 0.6 is 0 Å². The van der Waals surface area contributed by atoms with E-state index in [9.17, 15) is 9.59 Å². The van der Waals surface area contributed by atoms with Crippen LogP contribution in [-0.4, -0.2) is 24.9 Å². The average molecular weight is 364 g/mol. The molecule has 142 valence electrons. The Morgan fingerprint density at radius 1 is 1.11 bits per heavy atom. The number of anilines is 2. The molecule has 2 aromatic rings. The van der Waals surface area contributed by atoms with Crippen LogP contribution in [0.1, 0.15) is 49.8 Å². The Labute approximate surface area is 161 Å². The van der Waals surface area contributed by atoms with Gasteiger partial charge in [0.2, 0.25) is 11.8 Å². The number of rotatable bonds is 4. The van der Waals surface area contributed by atoms with Gasteiger partial charge in [0.05, 0.1) is 5.69 Å². The Morgan fingerprint density at radius 3 is 2.56 bits per heavy atom. The first-order valence-electron chi connectivity index (χ1n) is 9.66.